The number of hydrogen-bond acceptors (Lipinski definition) is 2. The lowest BCUT2D eigenvalue weighted by Gasteiger charge is -2.17. The number of ether oxygens (including phenoxy) is 1. The van der Waals surface area contributed by atoms with Gasteiger partial charge in [0.05, 0.1) is 10.7 Å². The smallest absolute Gasteiger partial charge is 0.224 e. The summed E-state index contributed by atoms with van der Waals surface area (Å²) in [4.78, 5) is 11.7. The fourth-order valence-electron chi connectivity index (χ4n) is 1.39. The molecule has 1 amide bonds. The molecule has 0 spiro atoms. The van der Waals surface area contributed by atoms with Crippen LogP contribution in [0.3, 0.4) is 0 Å². The van der Waals surface area contributed by atoms with Crippen LogP contribution in [-0.2, 0) is 11.2 Å². The predicted molar refractivity (Wildman–Crippen MR) is 71.9 cm³/mol. The highest BCUT2D eigenvalue weighted by Gasteiger charge is 2.14. The van der Waals surface area contributed by atoms with Crippen molar-refractivity contribution in [2.45, 2.75) is 25.6 Å². The van der Waals surface area contributed by atoms with Crippen molar-refractivity contribution in [3.05, 3.63) is 23.7 Å². The topological polar surface area (TPSA) is 38.3 Å². The van der Waals surface area contributed by atoms with Crippen LogP contribution in [0.5, 0.6) is 5.75 Å². The summed E-state index contributed by atoms with van der Waals surface area (Å²) in [6.45, 7) is 0.306. The molecule has 0 bridgehead atoms. The van der Waals surface area contributed by atoms with E-state index >= 15 is 0 Å². The number of carbonyl (C=O) groups is 1. The average Bonchev–Trinajstić information content (AvgIpc) is 2.49. The SMILES string of the molecule is [2H]c1c([2H])c2c(c([2H])c1OCCCCBr)NC(=O)C([2H])C2[2H]. The third-order valence-electron chi connectivity index (χ3n) is 2.24. The molecule has 0 saturated heterocycles. The van der Waals surface area contributed by atoms with Crippen molar-refractivity contribution in [3.63, 3.8) is 0 Å². The number of halogens is 1. The van der Waals surface area contributed by atoms with E-state index in [9.17, 15) is 4.79 Å². The first-order valence-corrected chi connectivity index (χ1v) is 6.50. The van der Waals surface area contributed by atoms with E-state index in [4.69, 9.17) is 11.6 Å². The number of alkyl halides is 1. The van der Waals surface area contributed by atoms with Gasteiger partial charge in [-0.05, 0) is 30.8 Å². The van der Waals surface area contributed by atoms with Crippen LogP contribution >= 0.6 is 15.9 Å². The molecule has 2 rings (SSSR count). The van der Waals surface area contributed by atoms with Crippen LogP contribution < -0.4 is 10.1 Å². The standard InChI is InChI=1S/C13H16BrNO2/c14-7-1-2-8-17-11-5-3-10-4-6-13(16)15-12(10)9-11/h3,5,9H,1-2,4,6-8H2,(H,15,16)/i3D,4D,5D,6D,9D. The maximum Gasteiger partial charge on any atom is 0.224 e. The first-order chi connectivity index (χ1) is 10.4. The van der Waals surface area contributed by atoms with Crippen molar-refractivity contribution >= 4 is 27.5 Å². The highest BCUT2D eigenvalue weighted by molar-refractivity contribution is 9.09. The first-order valence-electron chi connectivity index (χ1n) is 8.03. The van der Waals surface area contributed by atoms with E-state index in [1.165, 1.54) is 0 Å². The molecule has 0 aliphatic carbocycles. The van der Waals surface area contributed by atoms with Crippen molar-refractivity contribution < 1.29 is 16.4 Å². The lowest BCUT2D eigenvalue weighted by molar-refractivity contribution is -0.116. The van der Waals surface area contributed by atoms with Crippen LogP contribution in [0.1, 0.15) is 31.7 Å². The van der Waals surface area contributed by atoms with Gasteiger partial charge in [-0.25, -0.2) is 0 Å². The number of amides is 1. The Balaban J connectivity index is 2.41. The number of anilines is 1. The van der Waals surface area contributed by atoms with Gasteiger partial charge in [0.2, 0.25) is 5.91 Å². The molecule has 1 heterocycles. The zero-order valence-corrected chi connectivity index (χ0v) is 10.8. The maximum absolute atomic E-state index is 11.7. The Morgan fingerprint density at radius 1 is 1.47 bits per heavy atom. The fraction of sp³-hybridized carbons (Fsp3) is 0.462. The van der Waals surface area contributed by atoms with Gasteiger partial charge in [-0.3, -0.25) is 4.79 Å². The minimum atomic E-state index is -1.36. The van der Waals surface area contributed by atoms with Gasteiger partial charge in [-0.2, -0.15) is 0 Å². The van der Waals surface area contributed by atoms with Crippen molar-refractivity contribution in [1.82, 2.24) is 0 Å². The quantitative estimate of drug-likeness (QED) is 0.670. The molecule has 1 aliphatic rings. The Morgan fingerprint density at radius 2 is 2.35 bits per heavy atom. The van der Waals surface area contributed by atoms with Gasteiger partial charge in [-0.15, -0.1) is 0 Å². The van der Waals surface area contributed by atoms with Crippen LogP contribution in [0.2, 0.25) is 0 Å². The summed E-state index contributed by atoms with van der Waals surface area (Å²) in [5.74, 6) is -0.738. The van der Waals surface area contributed by atoms with E-state index < -0.39 is 18.7 Å². The van der Waals surface area contributed by atoms with Gasteiger partial charge < -0.3 is 10.1 Å². The molecule has 0 radical (unpaired) electrons. The number of nitrogens with one attached hydrogen (secondary N) is 1. The van der Waals surface area contributed by atoms with E-state index in [-0.39, 0.29) is 35.1 Å². The largest absolute Gasteiger partial charge is 0.494 e. The second-order valence-corrected chi connectivity index (χ2v) is 4.35. The van der Waals surface area contributed by atoms with Gasteiger partial charge in [0.15, 0.2) is 0 Å². The zero-order chi connectivity index (χ0) is 16.4. The predicted octanol–water partition coefficient (Wildman–Crippen LogP) is 3.13. The summed E-state index contributed by atoms with van der Waals surface area (Å²) >= 11 is 3.30. The minimum Gasteiger partial charge on any atom is -0.494 e. The van der Waals surface area contributed by atoms with E-state index in [0.717, 1.165) is 18.2 Å². The monoisotopic (exact) mass is 302 g/mol. The van der Waals surface area contributed by atoms with Crippen LogP contribution in [0.15, 0.2) is 18.1 Å². The van der Waals surface area contributed by atoms with Crippen molar-refractivity contribution in [3.8, 4) is 5.75 Å². The van der Waals surface area contributed by atoms with Gasteiger partial charge in [0.1, 0.15) is 5.75 Å². The second-order valence-electron chi connectivity index (χ2n) is 3.56. The molecule has 2 atom stereocenters. The van der Waals surface area contributed by atoms with Crippen LogP contribution in [0, 0.1) is 0 Å². The highest BCUT2D eigenvalue weighted by Crippen LogP contribution is 2.27. The fourth-order valence-corrected chi connectivity index (χ4v) is 1.79. The Labute approximate surface area is 117 Å². The summed E-state index contributed by atoms with van der Waals surface area (Å²) in [7, 11) is 0. The molecular weight excluding hydrogens is 282 g/mol. The summed E-state index contributed by atoms with van der Waals surface area (Å²) in [6, 6.07) is -0.741. The molecule has 0 saturated carbocycles. The number of fused-ring (bicyclic) bond motifs is 1. The van der Waals surface area contributed by atoms with Gasteiger partial charge in [0, 0.05) is 26.2 Å². The zero-order valence-electron chi connectivity index (χ0n) is 14.2. The summed E-state index contributed by atoms with van der Waals surface area (Å²) < 4.78 is 45.0. The number of hydrogen-bond donors (Lipinski definition) is 1. The Kier molecular flexibility index (Phi) is 2.64. The molecule has 1 aliphatic heterocycles. The molecule has 3 nitrogen and oxygen atoms in total. The van der Waals surface area contributed by atoms with Crippen LogP contribution in [-0.4, -0.2) is 17.8 Å². The third kappa shape index (κ3) is 3.46. The van der Waals surface area contributed by atoms with E-state index in [1.54, 1.807) is 0 Å². The van der Waals surface area contributed by atoms with Gasteiger partial charge >= 0.3 is 0 Å². The summed E-state index contributed by atoms with van der Waals surface area (Å²) in [5, 5.41) is 3.22. The molecule has 0 fully saturated rings. The molecule has 4 heteroatoms. The Bertz CT molecular complexity index is 599. The molecule has 1 aromatic carbocycles. The van der Waals surface area contributed by atoms with E-state index in [0.29, 0.717) is 6.61 Å². The van der Waals surface area contributed by atoms with E-state index in [1.807, 2.05) is 0 Å². The Hall–Kier alpha value is -1.03. The first kappa shape index (κ1) is 7.41. The molecule has 1 N–H and O–H groups in total. The molecule has 0 aromatic heterocycles. The highest BCUT2D eigenvalue weighted by atomic mass is 79.9. The summed E-state index contributed by atoms with van der Waals surface area (Å²) in [6.07, 6.45) is -1.02. The average molecular weight is 303 g/mol. The van der Waals surface area contributed by atoms with Crippen molar-refractivity contribution in [2.24, 2.45) is 0 Å². The number of rotatable bonds is 5. The number of carbonyl (C=O) groups excluding carboxylic acids is 1. The number of benzene rings is 1. The third-order valence-corrected chi connectivity index (χ3v) is 2.80. The van der Waals surface area contributed by atoms with Crippen LogP contribution in [0.25, 0.3) is 0 Å². The minimum absolute atomic E-state index is 0.0185. The molecule has 92 valence electrons. The Morgan fingerprint density at radius 3 is 3.18 bits per heavy atom. The molecule has 1 aromatic rings. The molecule has 17 heavy (non-hydrogen) atoms. The molecular formula is C13H16BrNO2. The maximum atomic E-state index is 11.7. The van der Waals surface area contributed by atoms with Crippen LogP contribution in [0.4, 0.5) is 5.69 Å². The van der Waals surface area contributed by atoms with Gasteiger partial charge in [0.25, 0.3) is 0 Å². The summed E-state index contributed by atoms with van der Waals surface area (Å²) in [5.41, 5.74) is 0.0624. The lowest BCUT2D eigenvalue weighted by atomic mass is 10.0. The normalized spacial score (nSPS) is 26.9. The van der Waals surface area contributed by atoms with Gasteiger partial charge in [-0.1, -0.05) is 22.0 Å². The lowest BCUT2D eigenvalue weighted by Crippen LogP contribution is -2.18. The number of unbranched alkanes of at least 4 members (excludes halogenated alkanes) is 1. The van der Waals surface area contributed by atoms with E-state index in [2.05, 4.69) is 21.2 Å². The van der Waals surface area contributed by atoms with Crippen molar-refractivity contribution in [2.75, 3.05) is 17.3 Å². The molecule has 2 unspecified atom stereocenters. The van der Waals surface area contributed by atoms with Crippen molar-refractivity contribution in [1.29, 1.82) is 0 Å². The second kappa shape index (κ2) is 6.05.